The number of amides is 1. The number of nitrogens with one attached hydrogen (secondary N) is 1. The number of hydrogen-bond donors (Lipinski definition) is 1. The Labute approximate surface area is 116 Å². The minimum Gasteiger partial charge on any atom is -0.449 e. The van der Waals surface area contributed by atoms with Gasteiger partial charge in [0.2, 0.25) is 0 Å². The van der Waals surface area contributed by atoms with Crippen LogP contribution in [-0.2, 0) is 0 Å². The predicted molar refractivity (Wildman–Crippen MR) is 77.9 cm³/mol. The third-order valence-electron chi connectivity index (χ3n) is 3.01. The van der Waals surface area contributed by atoms with Crippen molar-refractivity contribution in [1.82, 2.24) is 4.98 Å². The monoisotopic (exact) mass is 266 g/mol. The molecule has 0 bridgehead atoms. The van der Waals surface area contributed by atoms with Gasteiger partial charge in [-0.3, -0.25) is 4.79 Å². The summed E-state index contributed by atoms with van der Waals surface area (Å²) in [6, 6.07) is 13.0. The van der Waals surface area contributed by atoms with E-state index in [9.17, 15) is 4.79 Å². The van der Waals surface area contributed by atoms with Gasteiger partial charge in [0.1, 0.15) is 5.52 Å². The summed E-state index contributed by atoms with van der Waals surface area (Å²) in [5.74, 6) is -0.00846. The number of aryl methyl sites for hydroxylation is 2. The first-order valence-corrected chi connectivity index (χ1v) is 6.37. The number of aromatic nitrogens is 1. The lowest BCUT2D eigenvalue weighted by Gasteiger charge is -2.03. The van der Waals surface area contributed by atoms with E-state index in [4.69, 9.17) is 4.42 Å². The van der Waals surface area contributed by atoms with Crippen LogP contribution < -0.4 is 5.32 Å². The maximum Gasteiger partial charge on any atom is 0.291 e. The summed E-state index contributed by atoms with van der Waals surface area (Å²) in [5, 5.41) is 2.81. The van der Waals surface area contributed by atoms with Crippen LogP contribution >= 0.6 is 0 Å². The Balaban J connectivity index is 1.88. The molecule has 0 aliphatic carbocycles. The van der Waals surface area contributed by atoms with Crippen molar-refractivity contribution in [3.8, 4) is 0 Å². The quantitative estimate of drug-likeness (QED) is 0.769. The lowest BCUT2D eigenvalue weighted by atomic mass is 10.2. The summed E-state index contributed by atoms with van der Waals surface area (Å²) in [4.78, 5) is 16.5. The van der Waals surface area contributed by atoms with Crippen molar-refractivity contribution in [2.75, 3.05) is 5.32 Å². The van der Waals surface area contributed by atoms with E-state index in [2.05, 4.69) is 10.3 Å². The minimum atomic E-state index is -0.272. The average molecular weight is 266 g/mol. The van der Waals surface area contributed by atoms with Crippen molar-refractivity contribution >= 4 is 22.7 Å². The maximum atomic E-state index is 12.1. The van der Waals surface area contributed by atoms with Crippen LogP contribution in [0.4, 0.5) is 5.69 Å². The Morgan fingerprint density at radius 3 is 2.80 bits per heavy atom. The third-order valence-corrected chi connectivity index (χ3v) is 3.01. The number of anilines is 1. The molecule has 2 heterocycles. The second kappa shape index (κ2) is 4.81. The fourth-order valence-electron chi connectivity index (χ4n) is 2.05. The van der Waals surface area contributed by atoms with Crippen molar-refractivity contribution in [3.05, 3.63) is 59.5 Å². The van der Waals surface area contributed by atoms with Gasteiger partial charge in [0, 0.05) is 17.4 Å². The molecule has 0 radical (unpaired) electrons. The summed E-state index contributed by atoms with van der Waals surface area (Å²) in [5.41, 5.74) is 4.04. The van der Waals surface area contributed by atoms with Crippen LogP contribution in [0, 0.1) is 13.8 Å². The van der Waals surface area contributed by atoms with Crippen molar-refractivity contribution in [2.24, 2.45) is 0 Å². The second-order valence-electron chi connectivity index (χ2n) is 4.77. The number of benzene rings is 1. The Morgan fingerprint density at radius 1 is 1.15 bits per heavy atom. The van der Waals surface area contributed by atoms with Crippen LogP contribution in [0.1, 0.15) is 21.8 Å². The largest absolute Gasteiger partial charge is 0.449 e. The minimum absolute atomic E-state index is 0.264. The topological polar surface area (TPSA) is 55.1 Å². The summed E-state index contributed by atoms with van der Waals surface area (Å²) < 4.78 is 5.51. The van der Waals surface area contributed by atoms with E-state index in [1.165, 1.54) is 0 Å². The highest BCUT2D eigenvalue weighted by atomic mass is 16.3. The van der Waals surface area contributed by atoms with Crippen LogP contribution in [-0.4, -0.2) is 10.9 Å². The number of carbonyl (C=O) groups excluding carboxylic acids is 1. The zero-order valence-electron chi connectivity index (χ0n) is 11.3. The molecule has 1 N–H and O–H groups in total. The lowest BCUT2D eigenvalue weighted by Crippen LogP contribution is -2.10. The molecule has 100 valence electrons. The fourth-order valence-corrected chi connectivity index (χ4v) is 2.05. The Bertz CT molecular complexity index is 790. The molecular weight excluding hydrogens is 252 g/mol. The normalized spacial score (nSPS) is 10.7. The maximum absolute atomic E-state index is 12.1. The highest BCUT2D eigenvalue weighted by Crippen LogP contribution is 2.19. The number of fused-ring (bicyclic) bond motifs is 1. The van der Waals surface area contributed by atoms with E-state index < -0.39 is 0 Å². The van der Waals surface area contributed by atoms with Gasteiger partial charge in [-0.25, -0.2) is 4.98 Å². The molecule has 0 spiro atoms. The number of rotatable bonds is 2. The number of hydrogen-bond acceptors (Lipinski definition) is 3. The summed E-state index contributed by atoms with van der Waals surface area (Å²) >= 11 is 0. The fraction of sp³-hybridized carbons (Fsp3) is 0.125. The summed E-state index contributed by atoms with van der Waals surface area (Å²) in [6.45, 7) is 3.88. The molecular formula is C16H14N2O2. The van der Waals surface area contributed by atoms with E-state index in [0.29, 0.717) is 11.1 Å². The molecule has 0 fully saturated rings. The summed E-state index contributed by atoms with van der Waals surface area (Å²) in [7, 11) is 0. The standard InChI is InChI=1S/C16H14N2O2/c1-10-4-3-5-12(8-10)18-16(19)15-9-13-14(20-15)7-6-11(2)17-13/h3-9H,1-2H3,(H,18,19). The van der Waals surface area contributed by atoms with E-state index in [-0.39, 0.29) is 11.7 Å². The predicted octanol–water partition coefficient (Wildman–Crippen LogP) is 3.70. The van der Waals surface area contributed by atoms with Gasteiger partial charge in [-0.2, -0.15) is 0 Å². The smallest absolute Gasteiger partial charge is 0.291 e. The zero-order valence-corrected chi connectivity index (χ0v) is 11.3. The van der Waals surface area contributed by atoms with E-state index >= 15 is 0 Å². The molecule has 0 aliphatic heterocycles. The second-order valence-corrected chi connectivity index (χ2v) is 4.77. The van der Waals surface area contributed by atoms with Gasteiger partial charge in [0.15, 0.2) is 11.3 Å². The third kappa shape index (κ3) is 2.40. The molecule has 0 aliphatic rings. The molecule has 20 heavy (non-hydrogen) atoms. The average Bonchev–Trinajstić information content (AvgIpc) is 2.81. The number of carbonyl (C=O) groups is 1. The number of pyridine rings is 1. The lowest BCUT2D eigenvalue weighted by molar-refractivity contribution is 0.0998. The Hall–Kier alpha value is -2.62. The van der Waals surface area contributed by atoms with Crippen molar-refractivity contribution in [2.45, 2.75) is 13.8 Å². The van der Waals surface area contributed by atoms with E-state index in [0.717, 1.165) is 16.9 Å². The van der Waals surface area contributed by atoms with Crippen LogP contribution in [0.3, 0.4) is 0 Å². The van der Waals surface area contributed by atoms with Crippen LogP contribution in [0.2, 0.25) is 0 Å². The first-order valence-electron chi connectivity index (χ1n) is 6.37. The van der Waals surface area contributed by atoms with Gasteiger partial charge >= 0.3 is 0 Å². The van der Waals surface area contributed by atoms with Gasteiger partial charge in [0.25, 0.3) is 5.91 Å². The van der Waals surface area contributed by atoms with E-state index in [1.807, 2.05) is 50.2 Å². The first kappa shape index (κ1) is 12.4. The zero-order chi connectivity index (χ0) is 14.1. The highest BCUT2D eigenvalue weighted by Gasteiger charge is 2.13. The molecule has 3 aromatic rings. The molecule has 0 unspecified atom stereocenters. The van der Waals surface area contributed by atoms with Crippen LogP contribution in [0.5, 0.6) is 0 Å². The van der Waals surface area contributed by atoms with Crippen LogP contribution in [0.15, 0.2) is 46.9 Å². The molecule has 2 aromatic heterocycles. The van der Waals surface area contributed by atoms with Gasteiger partial charge < -0.3 is 9.73 Å². The van der Waals surface area contributed by atoms with Crippen molar-refractivity contribution in [1.29, 1.82) is 0 Å². The molecule has 1 aromatic carbocycles. The Morgan fingerprint density at radius 2 is 2.00 bits per heavy atom. The van der Waals surface area contributed by atoms with Gasteiger partial charge in [-0.15, -0.1) is 0 Å². The van der Waals surface area contributed by atoms with Crippen molar-refractivity contribution < 1.29 is 9.21 Å². The molecule has 3 rings (SSSR count). The van der Waals surface area contributed by atoms with Gasteiger partial charge in [-0.05, 0) is 43.7 Å². The molecule has 0 atom stereocenters. The molecule has 1 amide bonds. The molecule has 4 heteroatoms. The number of furan rings is 1. The number of nitrogens with zero attached hydrogens (tertiary/aromatic N) is 1. The first-order chi connectivity index (χ1) is 9.61. The highest BCUT2D eigenvalue weighted by molar-refractivity contribution is 6.04. The molecule has 0 saturated heterocycles. The Kier molecular flexibility index (Phi) is 2.99. The molecule has 0 saturated carbocycles. The van der Waals surface area contributed by atoms with E-state index in [1.54, 1.807) is 6.07 Å². The SMILES string of the molecule is Cc1cccc(NC(=O)c2cc3nc(C)ccc3o2)c1. The van der Waals surface area contributed by atoms with Gasteiger partial charge in [-0.1, -0.05) is 12.1 Å². The van der Waals surface area contributed by atoms with Crippen LogP contribution in [0.25, 0.3) is 11.1 Å². The molecule has 4 nitrogen and oxygen atoms in total. The van der Waals surface area contributed by atoms with Gasteiger partial charge in [0.05, 0.1) is 0 Å². The van der Waals surface area contributed by atoms with Crippen molar-refractivity contribution in [3.63, 3.8) is 0 Å². The summed E-state index contributed by atoms with van der Waals surface area (Å²) in [6.07, 6.45) is 0.